The average Bonchev–Trinajstić information content (AvgIpc) is 1.97. The van der Waals surface area contributed by atoms with Gasteiger partial charge in [-0.2, -0.15) is 0 Å². The van der Waals surface area contributed by atoms with E-state index in [1.807, 2.05) is 13.8 Å². The summed E-state index contributed by atoms with van der Waals surface area (Å²) in [6.45, 7) is 4.10. The minimum atomic E-state index is 0.184. The van der Waals surface area contributed by atoms with Crippen LogP contribution in [0.3, 0.4) is 0 Å². The van der Waals surface area contributed by atoms with Gasteiger partial charge in [0.2, 0.25) is 0 Å². The predicted octanol–water partition coefficient (Wildman–Crippen LogP) is 2.30. The molecule has 2 nitrogen and oxygen atoms in total. The molecule has 0 aliphatic heterocycles. The maximum atomic E-state index is 9.38. The Hall–Kier alpha value is -1.18. The Bertz CT molecular complexity index is 246. The van der Waals surface area contributed by atoms with Crippen LogP contribution in [0.5, 0.6) is 11.5 Å². The van der Waals surface area contributed by atoms with Gasteiger partial charge in [0.05, 0.1) is 0 Å². The molecule has 0 saturated carbocycles. The summed E-state index contributed by atoms with van der Waals surface area (Å²) >= 11 is 0. The van der Waals surface area contributed by atoms with Crippen LogP contribution >= 0.6 is 0 Å². The summed E-state index contributed by atoms with van der Waals surface area (Å²) in [7, 11) is 0. The summed E-state index contributed by atoms with van der Waals surface area (Å²) in [6.07, 6.45) is 0.707. The van der Waals surface area contributed by atoms with Gasteiger partial charge in [0.1, 0.15) is 11.5 Å². The molecule has 0 aromatic heterocycles. The number of benzene rings is 1. The van der Waals surface area contributed by atoms with E-state index in [1.165, 1.54) is 0 Å². The summed E-state index contributed by atoms with van der Waals surface area (Å²) < 4.78 is 0. The number of phenols is 2. The number of phenolic OH excluding ortho intramolecular Hbond substituents is 2. The fourth-order valence-corrected chi connectivity index (χ4v) is 1.18. The molecule has 66 valence electrons. The topological polar surface area (TPSA) is 40.5 Å². The molecule has 0 saturated heterocycles. The maximum Gasteiger partial charge on any atom is 0.122 e. The van der Waals surface area contributed by atoms with E-state index in [0.717, 1.165) is 0 Å². The standard InChI is InChI=1S/C10H14O2/c1-7(2)6-8-9(11)4-3-5-10(8)12/h3-5,7,11-12H,6H2,1-2H3. The minimum absolute atomic E-state index is 0.184. The molecule has 1 aromatic carbocycles. The van der Waals surface area contributed by atoms with E-state index in [-0.39, 0.29) is 11.5 Å². The molecule has 0 aliphatic rings. The first-order chi connectivity index (χ1) is 5.61. The van der Waals surface area contributed by atoms with E-state index in [9.17, 15) is 10.2 Å². The molecule has 0 fully saturated rings. The molecule has 0 atom stereocenters. The van der Waals surface area contributed by atoms with Crippen molar-refractivity contribution < 1.29 is 10.2 Å². The molecule has 12 heavy (non-hydrogen) atoms. The Balaban J connectivity index is 2.96. The second-order valence-electron chi connectivity index (χ2n) is 3.37. The summed E-state index contributed by atoms with van der Waals surface area (Å²) in [5.74, 6) is 0.802. The van der Waals surface area contributed by atoms with E-state index in [1.54, 1.807) is 18.2 Å². The van der Waals surface area contributed by atoms with Gasteiger partial charge in [0, 0.05) is 5.56 Å². The van der Waals surface area contributed by atoms with Crippen LogP contribution in [0.1, 0.15) is 19.4 Å². The van der Waals surface area contributed by atoms with E-state index in [4.69, 9.17) is 0 Å². The van der Waals surface area contributed by atoms with Crippen molar-refractivity contribution in [3.8, 4) is 11.5 Å². The zero-order valence-corrected chi connectivity index (χ0v) is 7.41. The van der Waals surface area contributed by atoms with Crippen LogP contribution in [0.25, 0.3) is 0 Å². The van der Waals surface area contributed by atoms with Gasteiger partial charge >= 0.3 is 0 Å². The van der Waals surface area contributed by atoms with Gasteiger partial charge in [-0.1, -0.05) is 19.9 Å². The van der Waals surface area contributed by atoms with Crippen molar-refractivity contribution in [3.05, 3.63) is 23.8 Å². The van der Waals surface area contributed by atoms with E-state index in [2.05, 4.69) is 0 Å². The molecule has 0 amide bonds. The van der Waals surface area contributed by atoms with E-state index < -0.39 is 0 Å². The van der Waals surface area contributed by atoms with Gasteiger partial charge in [-0.25, -0.2) is 0 Å². The zero-order chi connectivity index (χ0) is 9.14. The summed E-state index contributed by atoms with van der Waals surface area (Å²) in [5, 5.41) is 18.8. The van der Waals surface area contributed by atoms with Crippen LogP contribution in [0, 0.1) is 5.92 Å². The van der Waals surface area contributed by atoms with Gasteiger partial charge in [0.15, 0.2) is 0 Å². The lowest BCUT2D eigenvalue weighted by atomic mass is 10.0. The highest BCUT2D eigenvalue weighted by Crippen LogP contribution is 2.28. The minimum Gasteiger partial charge on any atom is -0.508 e. The highest BCUT2D eigenvalue weighted by atomic mass is 16.3. The Morgan fingerprint density at radius 3 is 2.08 bits per heavy atom. The normalized spacial score (nSPS) is 10.6. The molecule has 2 heteroatoms. The first-order valence-corrected chi connectivity index (χ1v) is 4.11. The zero-order valence-electron chi connectivity index (χ0n) is 7.41. The third-order valence-electron chi connectivity index (χ3n) is 1.74. The van der Waals surface area contributed by atoms with Gasteiger partial charge < -0.3 is 10.2 Å². The van der Waals surface area contributed by atoms with Gasteiger partial charge in [-0.3, -0.25) is 0 Å². The van der Waals surface area contributed by atoms with Crippen LogP contribution < -0.4 is 0 Å². The van der Waals surface area contributed by atoms with Crippen LogP contribution in [0.4, 0.5) is 0 Å². The van der Waals surface area contributed by atoms with Crippen molar-refractivity contribution in [2.45, 2.75) is 20.3 Å². The highest BCUT2D eigenvalue weighted by Gasteiger charge is 2.07. The average molecular weight is 166 g/mol. The fraction of sp³-hybridized carbons (Fsp3) is 0.400. The lowest BCUT2D eigenvalue weighted by Crippen LogP contribution is -1.94. The van der Waals surface area contributed by atoms with Crippen molar-refractivity contribution in [2.75, 3.05) is 0 Å². The third kappa shape index (κ3) is 1.91. The van der Waals surface area contributed by atoms with Crippen LogP contribution in [-0.4, -0.2) is 10.2 Å². The van der Waals surface area contributed by atoms with Crippen LogP contribution in [0.2, 0.25) is 0 Å². The largest absolute Gasteiger partial charge is 0.508 e. The number of aromatic hydroxyl groups is 2. The number of hydrogen-bond acceptors (Lipinski definition) is 2. The van der Waals surface area contributed by atoms with E-state index >= 15 is 0 Å². The van der Waals surface area contributed by atoms with Crippen molar-refractivity contribution >= 4 is 0 Å². The Labute approximate surface area is 72.5 Å². The van der Waals surface area contributed by atoms with Crippen molar-refractivity contribution in [3.63, 3.8) is 0 Å². The summed E-state index contributed by atoms with van der Waals surface area (Å²) in [5.41, 5.74) is 0.646. The van der Waals surface area contributed by atoms with Crippen LogP contribution in [-0.2, 0) is 6.42 Å². The molecule has 0 heterocycles. The monoisotopic (exact) mass is 166 g/mol. The molecule has 1 rings (SSSR count). The van der Waals surface area contributed by atoms with Gasteiger partial charge in [-0.15, -0.1) is 0 Å². The first kappa shape index (κ1) is 8.91. The van der Waals surface area contributed by atoms with Crippen LogP contribution in [0.15, 0.2) is 18.2 Å². The van der Waals surface area contributed by atoms with Crippen molar-refractivity contribution in [1.82, 2.24) is 0 Å². The second-order valence-corrected chi connectivity index (χ2v) is 3.37. The van der Waals surface area contributed by atoms with Crippen molar-refractivity contribution in [2.24, 2.45) is 5.92 Å². The number of hydrogen-bond donors (Lipinski definition) is 2. The Morgan fingerprint density at radius 1 is 1.17 bits per heavy atom. The van der Waals surface area contributed by atoms with Gasteiger partial charge in [-0.05, 0) is 24.5 Å². The molecular weight excluding hydrogens is 152 g/mol. The highest BCUT2D eigenvalue weighted by molar-refractivity contribution is 5.43. The molecule has 0 radical (unpaired) electrons. The summed E-state index contributed by atoms with van der Waals surface area (Å²) in [4.78, 5) is 0. The SMILES string of the molecule is CC(C)Cc1c(O)cccc1O. The fourth-order valence-electron chi connectivity index (χ4n) is 1.18. The maximum absolute atomic E-state index is 9.38. The molecule has 0 aliphatic carbocycles. The molecule has 0 spiro atoms. The molecule has 2 N–H and O–H groups in total. The second kappa shape index (κ2) is 3.48. The molecule has 0 bridgehead atoms. The third-order valence-corrected chi connectivity index (χ3v) is 1.74. The van der Waals surface area contributed by atoms with Crippen molar-refractivity contribution in [1.29, 1.82) is 0 Å². The Morgan fingerprint density at radius 2 is 1.67 bits per heavy atom. The summed E-state index contributed by atoms with van der Waals surface area (Å²) in [6, 6.07) is 4.82. The Kier molecular flexibility index (Phi) is 2.58. The predicted molar refractivity (Wildman–Crippen MR) is 48.3 cm³/mol. The molecule has 0 unspecified atom stereocenters. The molecule has 1 aromatic rings. The lowest BCUT2D eigenvalue weighted by molar-refractivity contribution is 0.431. The first-order valence-electron chi connectivity index (χ1n) is 4.11. The molecular formula is C10H14O2. The van der Waals surface area contributed by atoms with Gasteiger partial charge in [0.25, 0.3) is 0 Å². The van der Waals surface area contributed by atoms with E-state index in [0.29, 0.717) is 17.9 Å². The quantitative estimate of drug-likeness (QED) is 0.707. The number of rotatable bonds is 2. The lowest BCUT2D eigenvalue weighted by Gasteiger charge is -2.08. The smallest absolute Gasteiger partial charge is 0.122 e.